The van der Waals surface area contributed by atoms with Gasteiger partial charge < -0.3 is 4.98 Å². The first-order valence-corrected chi connectivity index (χ1v) is 6.94. The number of aromatic nitrogens is 2. The van der Waals surface area contributed by atoms with Crippen molar-refractivity contribution in [2.24, 2.45) is 0 Å². The summed E-state index contributed by atoms with van der Waals surface area (Å²) in [5, 5.41) is 1.04. The van der Waals surface area contributed by atoms with E-state index in [0.717, 1.165) is 36.1 Å². The summed E-state index contributed by atoms with van der Waals surface area (Å²) >= 11 is 11.9. The molecule has 0 saturated carbocycles. The number of aryl methyl sites for hydroxylation is 1. The van der Waals surface area contributed by atoms with Crippen LogP contribution in [0.5, 0.6) is 0 Å². The average Bonchev–Trinajstić information content (AvgIpc) is 2.82. The molecule has 1 aliphatic carbocycles. The molecule has 0 atom stereocenters. The van der Waals surface area contributed by atoms with Crippen molar-refractivity contribution in [2.45, 2.75) is 25.7 Å². The van der Waals surface area contributed by atoms with Crippen LogP contribution in [0.4, 0.5) is 0 Å². The van der Waals surface area contributed by atoms with Crippen molar-refractivity contribution >= 4 is 23.2 Å². The van der Waals surface area contributed by atoms with Crippen LogP contribution in [0.2, 0.25) is 10.0 Å². The molecule has 5 heteroatoms. The SMILES string of the molecule is O=c1[nH]c(Cc2ccc(Cl)c(Cl)c2)nc2c1CCC2. The lowest BCUT2D eigenvalue weighted by molar-refractivity contribution is 0.883. The second-order valence-corrected chi connectivity index (χ2v) is 5.53. The van der Waals surface area contributed by atoms with Gasteiger partial charge in [-0.25, -0.2) is 4.98 Å². The quantitative estimate of drug-likeness (QED) is 0.925. The fourth-order valence-corrected chi connectivity index (χ4v) is 2.74. The van der Waals surface area contributed by atoms with Gasteiger partial charge in [-0.15, -0.1) is 0 Å². The Morgan fingerprint density at radius 3 is 2.84 bits per heavy atom. The van der Waals surface area contributed by atoms with E-state index in [9.17, 15) is 4.79 Å². The van der Waals surface area contributed by atoms with E-state index in [0.29, 0.717) is 22.3 Å². The van der Waals surface area contributed by atoms with Crippen LogP contribution in [0, 0.1) is 0 Å². The normalized spacial score (nSPS) is 13.6. The summed E-state index contributed by atoms with van der Waals surface area (Å²) in [7, 11) is 0. The van der Waals surface area contributed by atoms with E-state index >= 15 is 0 Å². The lowest BCUT2D eigenvalue weighted by Gasteiger charge is -2.05. The standard InChI is InChI=1S/C14H12Cl2N2O/c15-10-5-4-8(6-11(10)16)7-13-17-12-3-1-2-9(12)14(19)18-13/h4-6H,1-3,7H2,(H,17,18,19). The zero-order chi connectivity index (χ0) is 13.4. The number of nitrogens with one attached hydrogen (secondary N) is 1. The maximum Gasteiger partial charge on any atom is 0.254 e. The molecular weight excluding hydrogens is 283 g/mol. The molecule has 0 unspecified atom stereocenters. The minimum Gasteiger partial charge on any atom is -0.310 e. The van der Waals surface area contributed by atoms with Gasteiger partial charge in [-0.1, -0.05) is 29.3 Å². The molecule has 1 heterocycles. The molecule has 2 aromatic rings. The predicted molar refractivity (Wildman–Crippen MR) is 76.2 cm³/mol. The van der Waals surface area contributed by atoms with Crippen molar-refractivity contribution in [3.8, 4) is 0 Å². The molecule has 1 aromatic carbocycles. The lowest BCUT2D eigenvalue weighted by Crippen LogP contribution is -2.17. The van der Waals surface area contributed by atoms with Crippen LogP contribution in [0.3, 0.4) is 0 Å². The van der Waals surface area contributed by atoms with Gasteiger partial charge in [-0.3, -0.25) is 4.79 Å². The van der Waals surface area contributed by atoms with Gasteiger partial charge in [-0.05, 0) is 37.0 Å². The van der Waals surface area contributed by atoms with Gasteiger partial charge >= 0.3 is 0 Å². The molecule has 3 rings (SSSR count). The van der Waals surface area contributed by atoms with E-state index in [1.54, 1.807) is 12.1 Å². The number of rotatable bonds is 2. The van der Waals surface area contributed by atoms with Crippen molar-refractivity contribution in [3.63, 3.8) is 0 Å². The third kappa shape index (κ3) is 2.53. The molecule has 0 aliphatic heterocycles. The molecule has 1 aromatic heterocycles. The fraction of sp³-hybridized carbons (Fsp3) is 0.286. The van der Waals surface area contributed by atoms with Gasteiger partial charge in [0.25, 0.3) is 5.56 Å². The van der Waals surface area contributed by atoms with Gasteiger partial charge in [-0.2, -0.15) is 0 Å². The number of aromatic amines is 1. The molecule has 0 bridgehead atoms. The van der Waals surface area contributed by atoms with E-state index in [-0.39, 0.29) is 5.56 Å². The van der Waals surface area contributed by atoms with Crippen molar-refractivity contribution < 1.29 is 0 Å². The van der Waals surface area contributed by atoms with Crippen LogP contribution in [0.25, 0.3) is 0 Å². The highest BCUT2D eigenvalue weighted by atomic mass is 35.5. The molecule has 3 nitrogen and oxygen atoms in total. The molecular formula is C14H12Cl2N2O. The van der Waals surface area contributed by atoms with Crippen molar-refractivity contribution in [1.82, 2.24) is 9.97 Å². The number of benzene rings is 1. The molecule has 0 spiro atoms. The zero-order valence-corrected chi connectivity index (χ0v) is 11.7. The molecule has 1 aliphatic rings. The zero-order valence-electron chi connectivity index (χ0n) is 10.2. The van der Waals surface area contributed by atoms with E-state index in [4.69, 9.17) is 23.2 Å². The molecule has 0 radical (unpaired) electrons. The Morgan fingerprint density at radius 1 is 1.21 bits per heavy atom. The fourth-order valence-electron chi connectivity index (χ4n) is 2.42. The summed E-state index contributed by atoms with van der Waals surface area (Å²) in [4.78, 5) is 19.3. The third-order valence-electron chi connectivity index (χ3n) is 3.35. The molecule has 19 heavy (non-hydrogen) atoms. The van der Waals surface area contributed by atoms with Crippen LogP contribution >= 0.6 is 23.2 Å². The van der Waals surface area contributed by atoms with E-state index in [2.05, 4.69) is 9.97 Å². The van der Waals surface area contributed by atoms with Gasteiger partial charge in [0.15, 0.2) is 0 Å². The Kier molecular flexibility index (Phi) is 3.33. The van der Waals surface area contributed by atoms with Crippen molar-refractivity contribution in [3.05, 3.63) is 61.2 Å². The number of H-pyrrole nitrogens is 1. The van der Waals surface area contributed by atoms with E-state index < -0.39 is 0 Å². The van der Waals surface area contributed by atoms with Crippen LogP contribution in [-0.4, -0.2) is 9.97 Å². The Balaban J connectivity index is 1.93. The Bertz CT molecular complexity index is 694. The van der Waals surface area contributed by atoms with Crippen LogP contribution in [-0.2, 0) is 19.3 Å². The first-order valence-electron chi connectivity index (χ1n) is 6.18. The highest BCUT2D eigenvalue weighted by molar-refractivity contribution is 6.42. The molecule has 0 fully saturated rings. The second-order valence-electron chi connectivity index (χ2n) is 4.72. The minimum absolute atomic E-state index is 0.00226. The maximum atomic E-state index is 11.9. The highest BCUT2D eigenvalue weighted by Gasteiger charge is 2.17. The lowest BCUT2D eigenvalue weighted by atomic mass is 10.1. The maximum absolute atomic E-state index is 11.9. The minimum atomic E-state index is -0.00226. The van der Waals surface area contributed by atoms with E-state index in [1.165, 1.54) is 0 Å². The molecule has 98 valence electrons. The Labute approximate surface area is 120 Å². The smallest absolute Gasteiger partial charge is 0.254 e. The first kappa shape index (κ1) is 12.7. The molecule has 0 amide bonds. The summed E-state index contributed by atoms with van der Waals surface area (Å²) in [6.45, 7) is 0. The van der Waals surface area contributed by atoms with E-state index in [1.807, 2.05) is 6.07 Å². The monoisotopic (exact) mass is 294 g/mol. The van der Waals surface area contributed by atoms with Gasteiger partial charge in [0.2, 0.25) is 0 Å². The van der Waals surface area contributed by atoms with Crippen LogP contribution in [0.1, 0.15) is 29.1 Å². The molecule has 0 saturated heterocycles. The van der Waals surface area contributed by atoms with Gasteiger partial charge in [0.1, 0.15) is 5.82 Å². The van der Waals surface area contributed by atoms with Crippen molar-refractivity contribution in [1.29, 1.82) is 0 Å². The van der Waals surface area contributed by atoms with Gasteiger partial charge in [0, 0.05) is 12.0 Å². The first-order chi connectivity index (χ1) is 9.13. The number of hydrogen-bond donors (Lipinski definition) is 1. The predicted octanol–water partition coefficient (Wildman–Crippen LogP) is 3.16. The summed E-state index contributed by atoms with van der Waals surface area (Å²) in [6.07, 6.45) is 3.30. The van der Waals surface area contributed by atoms with Crippen LogP contribution < -0.4 is 5.56 Å². The van der Waals surface area contributed by atoms with Crippen molar-refractivity contribution in [2.75, 3.05) is 0 Å². The Morgan fingerprint density at radius 2 is 2.05 bits per heavy atom. The summed E-state index contributed by atoms with van der Waals surface area (Å²) in [5.41, 5.74) is 2.77. The topological polar surface area (TPSA) is 45.8 Å². The highest BCUT2D eigenvalue weighted by Crippen LogP contribution is 2.23. The largest absolute Gasteiger partial charge is 0.310 e. The molecule has 1 N–H and O–H groups in total. The van der Waals surface area contributed by atoms with Crippen LogP contribution in [0.15, 0.2) is 23.0 Å². The second kappa shape index (κ2) is 4.99. The number of fused-ring (bicyclic) bond motifs is 1. The number of hydrogen-bond acceptors (Lipinski definition) is 2. The average molecular weight is 295 g/mol. The summed E-state index contributed by atoms with van der Waals surface area (Å²) in [6, 6.07) is 5.45. The number of nitrogens with zero attached hydrogens (tertiary/aromatic N) is 1. The summed E-state index contributed by atoms with van der Waals surface area (Å²) in [5.74, 6) is 0.684. The van der Waals surface area contributed by atoms with Gasteiger partial charge in [0.05, 0.1) is 15.7 Å². The Hall–Kier alpha value is -1.32. The number of halogens is 2. The summed E-state index contributed by atoms with van der Waals surface area (Å²) < 4.78 is 0. The third-order valence-corrected chi connectivity index (χ3v) is 4.09.